The fourth-order valence-electron chi connectivity index (χ4n) is 4.06. The third-order valence-corrected chi connectivity index (χ3v) is 5.65. The molecule has 0 atom stereocenters. The van der Waals surface area contributed by atoms with Crippen molar-refractivity contribution in [1.29, 1.82) is 5.26 Å². The second-order valence-corrected chi connectivity index (χ2v) is 7.49. The number of pyridine rings is 1. The van der Waals surface area contributed by atoms with Gasteiger partial charge in [0.2, 0.25) is 5.88 Å². The number of ether oxygens (including phenoxy) is 2. The highest BCUT2D eigenvalue weighted by Crippen LogP contribution is 2.38. The van der Waals surface area contributed by atoms with Gasteiger partial charge in [-0.25, -0.2) is 18.4 Å². The Bertz CT molecular complexity index is 1350. The third kappa shape index (κ3) is 3.54. The molecule has 4 aromatic rings. The summed E-state index contributed by atoms with van der Waals surface area (Å²) < 4.78 is 41.4. The van der Waals surface area contributed by atoms with Gasteiger partial charge < -0.3 is 14.4 Å². The zero-order valence-electron chi connectivity index (χ0n) is 17.8. The zero-order valence-corrected chi connectivity index (χ0v) is 17.8. The SMILES string of the molecule is COc1ncc(C#N)c2c1c(-c1ccc(N3CCOCC3)cc1)nn2-c1c(F)cccc1F. The molecule has 5 rings (SSSR count). The molecule has 0 saturated carbocycles. The molecule has 166 valence electrons. The first-order valence-electron chi connectivity index (χ1n) is 10.4. The number of fused-ring (bicyclic) bond motifs is 1. The van der Waals surface area contributed by atoms with Gasteiger partial charge in [0.15, 0.2) is 11.6 Å². The van der Waals surface area contributed by atoms with E-state index in [2.05, 4.69) is 15.0 Å². The van der Waals surface area contributed by atoms with Crippen molar-refractivity contribution >= 4 is 16.6 Å². The lowest BCUT2D eigenvalue weighted by atomic mass is 10.1. The quantitative estimate of drug-likeness (QED) is 0.469. The maximum atomic E-state index is 14.7. The Hall–Kier alpha value is -4.03. The molecule has 0 spiro atoms. The summed E-state index contributed by atoms with van der Waals surface area (Å²) in [5.41, 5.74) is 2.11. The average molecular weight is 447 g/mol. The molecular formula is C24H19F2N5O2. The van der Waals surface area contributed by atoms with Crippen molar-refractivity contribution in [3.05, 3.63) is 65.9 Å². The van der Waals surface area contributed by atoms with E-state index in [1.165, 1.54) is 19.4 Å². The summed E-state index contributed by atoms with van der Waals surface area (Å²) in [7, 11) is 1.44. The van der Waals surface area contributed by atoms with Crippen LogP contribution in [0, 0.1) is 23.0 Å². The molecular weight excluding hydrogens is 428 g/mol. The number of anilines is 1. The Kier molecular flexibility index (Phi) is 5.36. The first-order chi connectivity index (χ1) is 16.1. The molecule has 1 fully saturated rings. The number of nitrogens with zero attached hydrogens (tertiary/aromatic N) is 5. The van der Waals surface area contributed by atoms with Crippen molar-refractivity contribution < 1.29 is 18.3 Å². The van der Waals surface area contributed by atoms with E-state index in [0.29, 0.717) is 29.9 Å². The zero-order chi connectivity index (χ0) is 22.9. The predicted molar refractivity (Wildman–Crippen MR) is 119 cm³/mol. The molecule has 33 heavy (non-hydrogen) atoms. The Morgan fingerprint density at radius 1 is 1.06 bits per heavy atom. The fraction of sp³-hybridized carbons (Fsp3) is 0.208. The van der Waals surface area contributed by atoms with Gasteiger partial charge in [0.25, 0.3) is 0 Å². The molecule has 0 aliphatic carbocycles. The van der Waals surface area contributed by atoms with E-state index in [-0.39, 0.29) is 22.6 Å². The molecule has 1 aliphatic rings. The standard InChI is InChI=1S/C24H19F2N5O2/c1-32-24-20-21(15-5-7-17(8-6-15)30-9-11-33-12-10-30)29-31(22(20)16(13-27)14-28-24)23-18(25)3-2-4-19(23)26/h2-8,14H,9-12H2,1H3. The summed E-state index contributed by atoms with van der Waals surface area (Å²) in [6, 6.07) is 13.3. The predicted octanol–water partition coefficient (Wildman–Crippen LogP) is 4.08. The Balaban J connectivity index is 1.74. The molecule has 2 aromatic carbocycles. The number of rotatable bonds is 4. The van der Waals surface area contributed by atoms with Gasteiger partial charge in [0.05, 0.1) is 43.0 Å². The average Bonchev–Trinajstić information content (AvgIpc) is 3.24. The first-order valence-corrected chi connectivity index (χ1v) is 10.4. The highest BCUT2D eigenvalue weighted by molar-refractivity contribution is 6.00. The van der Waals surface area contributed by atoms with E-state index in [9.17, 15) is 14.0 Å². The van der Waals surface area contributed by atoms with Crippen LogP contribution in [0.3, 0.4) is 0 Å². The van der Waals surface area contributed by atoms with Crippen molar-refractivity contribution in [2.24, 2.45) is 0 Å². The second-order valence-electron chi connectivity index (χ2n) is 7.49. The van der Waals surface area contributed by atoms with Crippen LogP contribution in [0.25, 0.3) is 27.8 Å². The third-order valence-electron chi connectivity index (χ3n) is 5.65. The van der Waals surface area contributed by atoms with Crippen LogP contribution in [-0.2, 0) is 4.74 Å². The van der Waals surface area contributed by atoms with E-state index < -0.39 is 11.6 Å². The van der Waals surface area contributed by atoms with Crippen LogP contribution >= 0.6 is 0 Å². The van der Waals surface area contributed by atoms with E-state index >= 15 is 0 Å². The minimum atomic E-state index is -0.798. The number of para-hydroxylation sites is 1. The summed E-state index contributed by atoms with van der Waals surface area (Å²) in [6.45, 7) is 2.94. The van der Waals surface area contributed by atoms with Gasteiger partial charge in [-0.1, -0.05) is 18.2 Å². The van der Waals surface area contributed by atoms with Gasteiger partial charge in [-0.15, -0.1) is 0 Å². The topological polar surface area (TPSA) is 76.2 Å². The van der Waals surface area contributed by atoms with E-state index in [1.807, 2.05) is 30.3 Å². The van der Waals surface area contributed by atoms with E-state index in [4.69, 9.17) is 9.47 Å². The number of halogens is 2. The summed E-state index contributed by atoms with van der Waals surface area (Å²) in [4.78, 5) is 6.43. The lowest BCUT2D eigenvalue weighted by Crippen LogP contribution is -2.36. The number of hydrogen-bond acceptors (Lipinski definition) is 6. The molecule has 0 bridgehead atoms. The second kappa shape index (κ2) is 8.48. The Morgan fingerprint density at radius 3 is 2.39 bits per heavy atom. The molecule has 0 N–H and O–H groups in total. The lowest BCUT2D eigenvalue weighted by molar-refractivity contribution is 0.122. The summed E-state index contributed by atoms with van der Waals surface area (Å²) in [5, 5.41) is 14.6. The first kappa shape index (κ1) is 20.8. The number of benzene rings is 2. The van der Waals surface area contributed by atoms with Crippen LogP contribution in [0.4, 0.5) is 14.5 Å². The maximum Gasteiger partial charge on any atom is 0.225 e. The van der Waals surface area contributed by atoms with Gasteiger partial charge in [0.1, 0.15) is 17.5 Å². The largest absolute Gasteiger partial charge is 0.480 e. The molecule has 3 heterocycles. The molecule has 0 unspecified atom stereocenters. The number of morpholine rings is 1. The molecule has 2 aromatic heterocycles. The molecule has 1 aliphatic heterocycles. The van der Waals surface area contributed by atoms with E-state index in [0.717, 1.165) is 35.6 Å². The van der Waals surface area contributed by atoms with Crippen LogP contribution in [-0.4, -0.2) is 48.2 Å². The molecule has 0 amide bonds. The van der Waals surface area contributed by atoms with Crippen LogP contribution in [0.1, 0.15) is 5.56 Å². The van der Waals surface area contributed by atoms with E-state index in [1.54, 1.807) is 0 Å². The van der Waals surface area contributed by atoms with Crippen LogP contribution in [0.15, 0.2) is 48.7 Å². The summed E-state index contributed by atoms with van der Waals surface area (Å²) in [6.07, 6.45) is 1.31. The van der Waals surface area contributed by atoms with Crippen LogP contribution < -0.4 is 9.64 Å². The minimum Gasteiger partial charge on any atom is -0.480 e. The fourth-order valence-corrected chi connectivity index (χ4v) is 4.06. The monoisotopic (exact) mass is 447 g/mol. The highest BCUT2D eigenvalue weighted by Gasteiger charge is 2.25. The minimum absolute atomic E-state index is 0.122. The smallest absolute Gasteiger partial charge is 0.225 e. The van der Waals surface area contributed by atoms with Gasteiger partial charge in [-0.05, 0) is 24.3 Å². The number of nitriles is 1. The number of aromatic nitrogens is 3. The number of hydrogen-bond donors (Lipinski definition) is 0. The summed E-state index contributed by atoms with van der Waals surface area (Å²) in [5.74, 6) is -1.39. The van der Waals surface area contributed by atoms with Gasteiger partial charge in [-0.3, -0.25) is 0 Å². The highest BCUT2D eigenvalue weighted by atomic mass is 19.1. The van der Waals surface area contributed by atoms with Gasteiger partial charge in [0, 0.05) is 24.3 Å². The van der Waals surface area contributed by atoms with Crippen molar-refractivity contribution in [3.63, 3.8) is 0 Å². The van der Waals surface area contributed by atoms with Gasteiger partial charge >= 0.3 is 0 Å². The Morgan fingerprint density at radius 2 is 1.76 bits per heavy atom. The van der Waals surface area contributed by atoms with Crippen molar-refractivity contribution in [2.45, 2.75) is 0 Å². The van der Waals surface area contributed by atoms with Crippen LogP contribution in [0.2, 0.25) is 0 Å². The van der Waals surface area contributed by atoms with Crippen molar-refractivity contribution in [2.75, 3.05) is 38.3 Å². The summed E-state index contributed by atoms with van der Waals surface area (Å²) >= 11 is 0. The lowest BCUT2D eigenvalue weighted by Gasteiger charge is -2.28. The normalized spacial score (nSPS) is 13.8. The maximum absolute atomic E-state index is 14.7. The van der Waals surface area contributed by atoms with Gasteiger partial charge in [-0.2, -0.15) is 10.4 Å². The molecule has 7 nitrogen and oxygen atoms in total. The Labute approximate surface area is 188 Å². The molecule has 0 radical (unpaired) electrons. The van der Waals surface area contributed by atoms with Crippen LogP contribution in [0.5, 0.6) is 5.88 Å². The molecule has 9 heteroatoms. The van der Waals surface area contributed by atoms with Crippen molar-refractivity contribution in [3.8, 4) is 28.9 Å². The van der Waals surface area contributed by atoms with Crippen molar-refractivity contribution in [1.82, 2.24) is 14.8 Å². The molecule has 1 saturated heterocycles. The number of methoxy groups -OCH3 is 1.